The zero-order valence-corrected chi connectivity index (χ0v) is 11.9. The van der Waals surface area contributed by atoms with Gasteiger partial charge in [0.05, 0.1) is 0 Å². The molecule has 6 nitrogen and oxygen atoms in total. The van der Waals surface area contributed by atoms with Crippen LogP contribution in [0.3, 0.4) is 0 Å². The second-order valence-corrected chi connectivity index (χ2v) is 5.48. The van der Waals surface area contributed by atoms with Crippen molar-refractivity contribution < 1.29 is 19.8 Å². The van der Waals surface area contributed by atoms with Crippen LogP contribution in [0.2, 0.25) is 0 Å². The van der Waals surface area contributed by atoms with E-state index in [2.05, 4.69) is 10.6 Å². The second-order valence-electron chi connectivity index (χ2n) is 5.48. The SMILES string of the molecule is CC(C(=O)N[C@@H](Cc1ccc(O)cc1)C(=O)O)C1CNC1. The maximum Gasteiger partial charge on any atom is 0.326 e. The average molecular weight is 292 g/mol. The van der Waals surface area contributed by atoms with E-state index in [-0.39, 0.29) is 29.9 Å². The predicted octanol–water partition coefficient (Wildman–Crippen LogP) is 0.360. The normalized spacial score (nSPS) is 17.6. The molecule has 114 valence electrons. The zero-order chi connectivity index (χ0) is 15.4. The van der Waals surface area contributed by atoms with Gasteiger partial charge in [-0.3, -0.25) is 4.79 Å². The fraction of sp³-hybridized carbons (Fsp3) is 0.467. The van der Waals surface area contributed by atoms with Crippen molar-refractivity contribution in [2.24, 2.45) is 11.8 Å². The van der Waals surface area contributed by atoms with Gasteiger partial charge in [0.25, 0.3) is 0 Å². The van der Waals surface area contributed by atoms with Crippen LogP contribution in [-0.2, 0) is 16.0 Å². The minimum Gasteiger partial charge on any atom is -0.508 e. The van der Waals surface area contributed by atoms with Crippen LogP contribution in [0.1, 0.15) is 12.5 Å². The number of aromatic hydroxyl groups is 1. The summed E-state index contributed by atoms with van der Waals surface area (Å²) in [4.78, 5) is 23.4. The Morgan fingerprint density at radius 1 is 1.33 bits per heavy atom. The molecular weight excluding hydrogens is 272 g/mol. The van der Waals surface area contributed by atoms with Crippen LogP contribution < -0.4 is 10.6 Å². The Hall–Kier alpha value is -2.08. The number of hydrogen-bond acceptors (Lipinski definition) is 4. The third kappa shape index (κ3) is 3.95. The molecule has 1 aliphatic heterocycles. The summed E-state index contributed by atoms with van der Waals surface area (Å²) in [5.41, 5.74) is 0.749. The van der Waals surface area contributed by atoms with Crippen LogP contribution in [0.4, 0.5) is 0 Å². The first-order chi connectivity index (χ1) is 9.97. The molecule has 1 fully saturated rings. The third-order valence-electron chi connectivity index (χ3n) is 3.92. The summed E-state index contributed by atoms with van der Waals surface area (Å²) < 4.78 is 0. The van der Waals surface area contributed by atoms with Gasteiger partial charge in [0.2, 0.25) is 5.91 Å². The van der Waals surface area contributed by atoms with Crippen molar-refractivity contribution in [2.45, 2.75) is 19.4 Å². The van der Waals surface area contributed by atoms with Crippen LogP contribution in [0.15, 0.2) is 24.3 Å². The summed E-state index contributed by atoms with van der Waals surface area (Å²) in [6.07, 6.45) is 0.191. The van der Waals surface area contributed by atoms with Crippen LogP contribution >= 0.6 is 0 Å². The minimum absolute atomic E-state index is 0.126. The van der Waals surface area contributed by atoms with Crippen LogP contribution in [0.25, 0.3) is 0 Å². The molecule has 1 aromatic rings. The van der Waals surface area contributed by atoms with Crippen molar-refractivity contribution in [3.05, 3.63) is 29.8 Å². The molecule has 1 saturated heterocycles. The molecule has 2 rings (SSSR count). The number of benzene rings is 1. The Labute approximate surface area is 123 Å². The molecule has 1 amide bonds. The number of hydrogen-bond donors (Lipinski definition) is 4. The van der Waals surface area contributed by atoms with Crippen molar-refractivity contribution in [3.8, 4) is 5.75 Å². The number of amides is 1. The molecule has 1 aliphatic rings. The third-order valence-corrected chi connectivity index (χ3v) is 3.92. The molecule has 0 bridgehead atoms. The van der Waals surface area contributed by atoms with Crippen molar-refractivity contribution in [1.29, 1.82) is 0 Å². The number of carboxylic acid groups (broad SMARTS) is 1. The van der Waals surface area contributed by atoms with Gasteiger partial charge in [-0.15, -0.1) is 0 Å². The van der Waals surface area contributed by atoms with Crippen molar-refractivity contribution in [1.82, 2.24) is 10.6 Å². The lowest BCUT2D eigenvalue weighted by molar-refractivity contribution is -0.142. The maximum absolute atomic E-state index is 12.1. The van der Waals surface area contributed by atoms with Gasteiger partial charge < -0.3 is 20.8 Å². The largest absolute Gasteiger partial charge is 0.508 e. The zero-order valence-electron chi connectivity index (χ0n) is 11.9. The Bertz CT molecular complexity index is 511. The summed E-state index contributed by atoms with van der Waals surface area (Å²) in [6, 6.07) is 5.34. The van der Waals surface area contributed by atoms with E-state index in [4.69, 9.17) is 0 Å². The van der Waals surface area contributed by atoms with Gasteiger partial charge in [0.1, 0.15) is 11.8 Å². The molecule has 4 N–H and O–H groups in total. The topological polar surface area (TPSA) is 98.7 Å². The second kappa shape index (κ2) is 6.58. The van der Waals surface area contributed by atoms with Crippen LogP contribution in [0.5, 0.6) is 5.75 Å². The van der Waals surface area contributed by atoms with E-state index in [1.807, 2.05) is 6.92 Å². The minimum atomic E-state index is -1.06. The molecule has 1 unspecified atom stereocenters. The summed E-state index contributed by atoms with van der Waals surface area (Å²) in [7, 11) is 0. The van der Waals surface area contributed by atoms with E-state index in [0.29, 0.717) is 0 Å². The summed E-state index contributed by atoms with van der Waals surface area (Å²) >= 11 is 0. The van der Waals surface area contributed by atoms with Gasteiger partial charge in [0.15, 0.2) is 0 Å². The number of phenolic OH excluding ortho intramolecular Hbond substituents is 1. The van der Waals surface area contributed by atoms with Gasteiger partial charge in [-0.25, -0.2) is 4.79 Å². The number of carbonyl (C=O) groups is 2. The number of phenols is 1. The standard InChI is InChI=1S/C15H20N2O4/c1-9(11-7-16-8-11)14(19)17-13(15(20)21)6-10-2-4-12(18)5-3-10/h2-5,9,11,13,16,18H,6-8H2,1H3,(H,17,19)(H,20,21)/t9?,13-/m0/s1. The summed E-state index contributed by atoms with van der Waals surface area (Å²) in [6.45, 7) is 3.41. The van der Waals surface area contributed by atoms with Gasteiger partial charge in [-0.1, -0.05) is 19.1 Å². The molecule has 1 heterocycles. The van der Waals surface area contributed by atoms with E-state index >= 15 is 0 Å². The highest BCUT2D eigenvalue weighted by molar-refractivity contribution is 5.85. The number of aliphatic carboxylic acids is 1. The van der Waals surface area contributed by atoms with Gasteiger partial charge >= 0.3 is 5.97 Å². The lowest BCUT2D eigenvalue weighted by Gasteiger charge is -2.32. The number of carboxylic acids is 1. The molecule has 1 aromatic carbocycles. The molecule has 21 heavy (non-hydrogen) atoms. The van der Waals surface area contributed by atoms with Crippen LogP contribution in [0, 0.1) is 11.8 Å². The lowest BCUT2D eigenvalue weighted by atomic mass is 9.88. The smallest absolute Gasteiger partial charge is 0.326 e. The molecule has 0 saturated carbocycles. The number of carbonyl (C=O) groups excluding carboxylic acids is 1. The van der Waals surface area contributed by atoms with Crippen LogP contribution in [-0.4, -0.2) is 41.2 Å². The maximum atomic E-state index is 12.1. The first-order valence-electron chi connectivity index (χ1n) is 6.99. The highest BCUT2D eigenvalue weighted by Crippen LogP contribution is 2.17. The predicted molar refractivity (Wildman–Crippen MR) is 76.9 cm³/mol. The molecule has 0 aliphatic carbocycles. The fourth-order valence-corrected chi connectivity index (χ4v) is 2.25. The Morgan fingerprint density at radius 3 is 2.43 bits per heavy atom. The average Bonchev–Trinajstić information content (AvgIpc) is 2.38. The number of nitrogens with one attached hydrogen (secondary N) is 2. The summed E-state index contributed by atoms with van der Waals surface area (Å²) in [5.74, 6) is -1.09. The Kier molecular flexibility index (Phi) is 4.80. The van der Waals surface area contributed by atoms with Crippen molar-refractivity contribution in [3.63, 3.8) is 0 Å². The van der Waals surface area contributed by atoms with E-state index in [9.17, 15) is 19.8 Å². The number of rotatable bonds is 6. The highest BCUT2D eigenvalue weighted by atomic mass is 16.4. The lowest BCUT2D eigenvalue weighted by Crippen LogP contribution is -2.52. The molecule has 0 radical (unpaired) electrons. The summed E-state index contributed by atoms with van der Waals surface area (Å²) in [5, 5.41) is 24.2. The van der Waals surface area contributed by atoms with Gasteiger partial charge in [-0.05, 0) is 36.7 Å². The Morgan fingerprint density at radius 2 is 1.95 bits per heavy atom. The molecule has 2 atom stereocenters. The molecule has 6 heteroatoms. The molecule has 0 spiro atoms. The first-order valence-corrected chi connectivity index (χ1v) is 6.99. The van der Waals surface area contributed by atoms with Gasteiger partial charge in [-0.2, -0.15) is 0 Å². The monoisotopic (exact) mass is 292 g/mol. The highest BCUT2D eigenvalue weighted by Gasteiger charge is 2.31. The molecular formula is C15H20N2O4. The van der Waals surface area contributed by atoms with Crippen molar-refractivity contribution >= 4 is 11.9 Å². The van der Waals surface area contributed by atoms with E-state index in [1.165, 1.54) is 12.1 Å². The fourth-order valence-electron chi connectivity index (χ4n) is 2.25. The van der Waals surface area contributed by atoms with Gasteiger partial charge in [0, 0.05) is 12.3 Å². The van der Waals surface area contributed by atoms with E-state index in [0.717, 1.165) is 18.7 Å². The Balaban J connectivity index is 1.96. The van der Waals surface area contributed by atoms with E-state index < -0.39 is 12.0 Å². The molecule has 0 aromatic heterocycles. The van der Waals surface area contributed by atoms with E-state index in [1.54, 1.807) is 12.1 Å². The first kappa shape index (κ1) is 15.3. The quantitative estimate of drug-likeness (QED) is 0.607. The van der Waals surface area contributed by atoms with Crippen molar-refractivity contribution in [2.75, 3.05) is 13.1 Å².